The zero-order valence-corrected chi connectivity index (χ0v) is 16.4. The Morgan fingerprint density at radius 1 is 1.00 bits per heavy atom. The molecule has 1 heterocycles. The molecule has 5 heteroatoms. The second kappa shape index (κ2) is 10.5. The molecule has 144 valence electrons. The van der Waals surface area contributed by atoms with E-state index in [1.54, 1.807) is 18.2 Å². The number of hydrogen-bond acceptors (Lipinski definition) is 3. The van der Waals surface area contributed by atoms with Crippen LogP contribution < -0.4 is 5.32 Å². The lowest BCUT2D eigenvalue weighted by Crippen LogP contribution is -2.29. The highest BCUT2D eigenvalue weighted by atomic mass is 32.2. The van der Waals surface area contributed by atoms with E-state index in [-0.39, 0.29) is 11.7 Å². The van der Waals surface area contributed by atoms with Crippen molar-refractivity contribution in [2.75, 3.05) is 18.8 Å². The third-order valence-electron chi connectivity index (χ3n) is 4.79. The number of likely N-dealkylation sites (tertiary alicyclic amines) is 1. The van der Waals surface area contributed by atoms with E-state index in [0.717, 1.165) is 12.1 Å². The lowest BCUT2D eigenvalue weighted by atomic mass is 10.1. The highest BCUT2D eigenvalue weighted by Gasteiger charge is 2.10. The highest BCUT2D eigenvalue weighted by Crippen LogP contribution is 2.21. The number of benzene rings is 2. The van der Waals surface area contributed by atoms with Crippen LogP contribution in [-0.2, 0) is 17.9 Å². The summed E-state index contributed by atoms with van der Waals surface area (Å²) in [6.45, 7) is 3.94. The lowest BCUT2D eigenvalue weighted by Gasteiger charge is -2.26. The van der Waals surface area contributed by atoms with E-state index in [0.29, 0.717) is 23.6 Å². The Morgan fingerprint density at radius 2 is 1.70 bits per heavy atom. The highest BCUT2D eigenvalue weighted by molar-refractivity contribution is 7.99. The average Bonchev–Trinajstić information content (AvgIpc) is 2.70. The lowest BCUT2D eigenvalue weighted by molar-refractivity contribution is -0.120. The fourth-order valence-corrected chi connectivity index (χ4v) is 4.13. The van der Waals surface area contributed by atoms with Crippen LogP contribution in [0.4, 0.5) is 4.39 Å². The first-order valence-electron chi connectivity index (χ1n) is 9.65. The van der Waals surface area contributed by atoms with Crippen molar-refractivity contribution in [2.24, 2.45) is 0 Å². The Morgan fingerprint density at radius 3 is 2.44 bits per heavy atom. The molecule has 2 aromatic rings. The fourth-order valence-electron chi connectivity index (χ4n) is 3.24. The van der Waals surface area contributed by atoms with E-state index >= 15 is 0 Å². The van der Waals surface area contributed by atoms with Crippen molar-refractivity contribution < 1.29 is 9.18 Å². The van der Waals surface area contributed by atoms with Crippen molar-refractivity contribution in [1.29, 1.82) is 0 Å². The number of piperidine rings is 1. The maximum Gasteiger partial charge on any atom is 0.221 e. The summed E-state index contributed by atoms with van der Waals surface area (Å²) in [7, 11) is 0. The van der Waals surface area contributed by atoms with Crippen molar-refractivity contribution in [3.8, 4) is 0 Å². The Balaban J connectivity index is 1.36. The van der Waals surface area contributed by atoms with Gasteiger partial charge >= 0.3 is 0 Å². The quantitative estimate of drug-likeness (QED) is 0.673. The minimum atomic E-state index is -0.229. The third-order valence-corrected chi connectivity index (χ3v) is 5.84. The summed E-state index contributed by atoms with van der Waals surface area (Å²) in [5, 5.41) is 2.94. The van der Waals surface area contributed by atoms with Gasteiger partial charge in [0.1, 0.15) is 5.82 Å². The van der Waals surface area contributed by atoms with Crippen LogP contribution >= 0.6 is 11.8 Å². The molecule has 1 saturated heterocycles. The van der Waals surface area contributed by atoms with Crippen molar-refractivity contribution in [3.63, 3.8) is 0 Å². The molecule has 27 heavy (non-hydrogen) atoms. The van der Waals surface area contributed by atoms with Crippen LogP contribution in [0.3, 0.4) is 0 Å². The molecule has 0 saturated carbocycles. The molecule has 0 aromatic heterocycles. The molecule has 3 rings (SSSR count). The maximum atomic E-state index is 13.5. The summed E-state index contributed by atoms with van der Waals surface area (Å²) >= 11 is 1.37. The summed E-state index contributed by atoms with van der Waals surface area (Å²) < 4.78 is 13.5. The number of rotatable bonds is 8. The van der Waals surface area contributed by atoms with E-state index in [1.165, 1.54) is 55.7 Å². The Labute approximate surface area is 165 Å². The van der Waals surface area contributed by atoms with Crippen molar-refractivity contribution in [2.45, 2.75) is 43.7 Å². The zero-order chi connectivity index (χ0) is 18.9. The average molecular weight is 387 g/mol. The second-order valence-corrected chi connectivity index (χ2v) is 8.10. The molecule has 0 bridgehead atoms. The van der Waals surface area contributed by atoms with Gasteiger partial charge in [-0.05, 0) is 49.2 Å². The summed E-state index contributed by atoms with van der Waals surface area (Å²) in [4.78, 5) is 15.1. The summed E-state index contributed by atoms with van der Waals surface area (Å²) in [6, 6.07) is 15.2. The molecule has 2 aromatic carbocycles. The van der Waals surface area contributed by atoms with Crippen LogP contribution in [-0.4, -0.2) is 29.6 Å². The van der Waals surface area contributed by atoms with Crippen LogP contribution in [0.1, 0.15) is 36.8 Å². The van der Waals surface area contributed by atoms with Gasteiger partial charge in [0, 0.05) is 30.2 Å². The molecule has 0 spiro atoms. The van der Waals surface area contributed by atoms with Crippen LogP contribution in [0.25, 0.3) is 0 Å². The minimum Gasteiger partial charge on any atom is -0.352 e. The van der Waals surface area contributed by atoms with Crippen molar-refractivity contribution >= 4 is 17.7 Å². The van der Waals surface area contributed by atoms with Crippen LogP contribution in [0.15, 0.2) is 53.4 Å². The van der Waals surface area contributed by atoms with Gasteiger partial charge in [0.15, 0.2) is 0 Å². The van der Waals surface area contributed by atoms with Gasteiger partial charge in [-0.25, -0.2) is 4.39 Å². The van der Waals surface area contributed by atoms with Crippen LogP contribution in [0.5, 0.6) is 0 Å². The molecule has 1 N–H and O–H groups in total. The predicted octanol–water partition coefficient (Wildman–Crippen LogP) is 4.61. The van der Waals surface area contributed by atoms with Crippen LogP contribution in [0, 0.1) is 5.82 Å². The maximum absolute atomic E-state index is 13.5. The first kappa shape index (κ1) is 19.9. The molecule has 1 aliphatic heterocycles. The summed E-state index contributed by atoms with van der Waals surface area (Å²) in [6.07, 6.45) is 4.35. The van der Waals surface area contributed by atoms with Gasteiger partial charge in [0.05, 0.1) is 0 Å². The molecular formula is C22H27FN2OS. The number of thioether (sulfide) groups is 1. The van der Waals surface area contributed by atoms with Gasteiger partial charge in [-0.3, -0.25) is 9.69 Å². The van der Waals surface area contributed by atoms with E-state index in [1.807, 2.05) is 0 Å². The number of carbonyl (C=O) groups is 1. The molecule has 0 unspecified atom stereocenters. The normalized spacial score (nSPS) is 14.9. The molecule has 0 radical (unpaired) electrons. The van der Waals surface area contributed by atoms with Crippen molar-refractivity contribution in [3.05, 3.63) is 65.5 Å². The molecular weight excluding hydrogens is 359 g/mol. The van der Waals surface area contributed by atoms with Gasteiger partial charge in [-0.15, -0.1) is 11.8 Å². The van der Waals surface area contributed by atoms with E-state index in [2.05, 4.69) is 34.5 Å². The monoisotopic (exact) mass is 386 g/mol. The van der Waals surface area contributed by atoms with E-state index < -0.39 is 0 Å². The third kappa shape index (κ3) is 6.67. The Bertz CT molecular complexity index is 729. The smallest absolute Gasteiger partial charge is 0.221 e. The first-order valence-corrected chi connectivity index (χ1v) is 10.6. The largest absolute Gasteiger partial charge is 0.352 e. The van der Waals surface area contributed by atoms with Gasteiger partial charge in [0.25, 0.3) is 0 Å². The predicted molar refractivity (Wildman–Crippen MR) is 109 cm³/mol. The molecule has 0 aliphatic carbocycles. The zero-order valence-electron chi connectivity index (χ0n) is 15.6. The van der Waals surface area contributed by atoms with Gasteiger partial charge < -0.3 is 5.32 Å². The number of amides is 1. The van der Waals surface area contributed by atoms with Crippen molar-refractivity contribution in [1.82, 2.24) is 10.2 Å². The standard InChI is InChI=1S/C22H27FN2OS/c23-20-6-2-3-7-21(20)27-15-12-22(26)24-16-18-8-10-19(11-9-18)17-25-13-4-1-5-14-25/h2-3,6-11H,1,4-5,12-17H2,(H,24,26). The summed E-state index contributed by atoms with van der Waals surface area (Å²) in [5.74, 6) is 0.338. The number of halogens is 1. The van der Waals surface area contributed by atoms with Gasteiger partial charge in [-0.2, -0.15) is 0 Å². The molecule has 1 fully saturated rings. The van der Waals surface area contributed by atoms with E-state index in [4.69, 9.17) is 0 Å². The minimum absolute atomic E-state index is 0.00349. The Hall–Kier alpha value is -1.85. The molecule has 1 aliphatic rings. The Kier molecular flexibility index (Phi) is 7.72. The SMILES string of the molecule is O=C(CCSc1ccccc1F)NCc1ccc(CN2CCCCC2)cc1. The topological polar surface area (TPSA) is 32.3 Å². The fraction of sp³-hybridized carbons (Fsp3) is 0.409. The molecule has 0 atom stereocenters. The molecule has 1 amide bonds. The van der Waals surface area contributed by atoms with Crippen LogP contribution in [0.2, 0.25) is 0 Å². The first-order chi connectivity index (χ1) is 13.2. The number of nitrogens with one attached hydrogen (secondary N) is 1. The summed E-state index contributed by atoms with van der Waals surface area (Å²) in [5.41, 5.74) is 2.43. The second-order valence-electron chi connectivity index (χ2n) is 6.96. The van der Waals surface area contributed by atoms with E-state index in [9.17, 15) is 9.18 Å². The number of hydrogen-bond donors (Lipinski definition) is 1. The number of carbonyl (C=O) groups excluding carboxylic acids is 1. The molecule has 3 nitrogen and oxygen atoms in total. The van der Waals surface area contributed by atoms with Gasteiger partial charge in [-0.1, -0.05) is 42.8 Å². The van der Waals surface area contributed by atoms with Gasteiger partial charge in [0.2, 0.25) is 5.91 Å². The number of nitrogens with zero attached hydrogens (tertiary/aromatic N) is 1.